The number of benzene rings is 1. The van der Waals surface area contributed by atoms with Gasteiger partial charge in [0.1, 0.15) is 11.6 Å². The van der Waals surface area contributed by atoms with E-state index in [0.717, 1.165) is 22.8 Å². The Bertz CT molecular complexity index is 517. The third kappa shape index (κ3) is 1.84. The van der Waals surface area contributed by atoms with Crippen LogP contribution in [0.25, 0.3) is 11.3 Å². The van der Waals surface area contributed by atoms with Crippen molar-refractivity contribution < 1.29 is 4.39 Å². The van der Waals surface area contributed by atoms with Gasteiger partial charge >= 0.3 is 0 Å². The molecule has 3 nitrogen and oxygen atoms in total. The van der Waals surface area contributed by atoms with Gasteiger partial charge in [-0.15, -0.1) is 0 Å². The van der Waals surface area contributed by atoms with Crippen molar-refractivity contribution in [1.82, 2.24) is 9.97 Å². The monoisotopic (exact) mass is 219 g/mol. The average Bonchev–Trinajstić information content (AvgIpc) is 2.59. The summed E-state index contributed by atoms with van der Waals surface area (Å²) in [6.45, 7) is 4.03. The second-order valence-corrected chi connectivity index (χ2v) is 3.81. The summed E-state index contributed by atoms with van der Waals surface area (Å²) in [7, 11) is 0. The summed E-state index contributed by atoms with van der Waals surface area (Å²) in [4.78, 5) is 7.49. The minimum Gasteiger partial charge on any atom is -0.346 e. The van der Waals surface area contributed by atoms with Gasteiger partial charge in [-0.1, -0.05) is 0 Å². The first kappa shape index (κ1) is 10.8. The highest BCUT2D eigenvalue weighted by Crippen LogP contribution is 2.23. The molecule has 1 aromatic carbocycles. The maximum Gasteiger partial charge on any atom is 0.127 e. The van der Waals surface area contributed by atoms with E-state index in [1.807, 2.05) is 13.8 Å². The van der Waals surface area contributed by atoms with Gasteiger partial charge in [-0.25, -0.2) is 9.37 Å². The minimum atomic E-state index is -0.267. The summed E-state index contributed by atoms with van der Waals surface area (Å²) in [5.74, 6) is 0.585. The van der Waals surface area contributed by atoms with Crippen molar-refractivity contribution in [3.8, 4) is 11.3 Å². The standard InChI is InChI=1S/C12H14FN3/c1-7-12(16-8(2)15-7)9-3-4-11(13)10(5-9)6-14/h3-5H,6,14H2,1-2H3,(H,15,16). The minimum absolute atomic E-state index is 0.197. The van der Waals surface area contributed by atoms with E-state index in [1.165, 1.54) is 6.07 Å². The van der Waals surface area contributed by atoms with Gasteiger partial charge in [0.2, 0.25) is 0 Å². The van der Waals surface area contributed by atoms with E-state index >= 15 is 0 Å². The number of aryl methyl sites for hydroxylation is 2. The number of nitrogens with two attached hydrogens (primary N) is 1. The molecule has 0 amide bonds. The van der Waals surface area contributed by atoms with Gasteiger partial charge in [-0.05, 0) is 32.0 Å². The second-order valence-electron chi connectivity index (χ2n) is 3.81. The molecule has 16 heavy (non-hydrogen) atoms. The molecule has 0 aliphatic heterocycles. The first-order valence-corrected chi connectivity index (χ1v) is 5.14. The highest BCUT2D eigenvalue weighted by Gasteiger charge is 2.09. The molecule has 0 saturated carbocycles. The molecule has 0 fully saturated rings. The molecule has 4 heteroatoms. The third-order valence-electron chi connectivity index (χ3n) is 2.54. The number of imidazole rings is 1. The van der Waals surface area contributed by atoms with Crippen LogP contribution in [0.4, 0.5) is 4.39 Å². The van der Waals surface area contributed by atoms with Crippen LogP contribution in [0.1, 0.15) is 17.1 Å². The zero-order valence-corrected chi connectivity index (χ0v) is 9.34. The zero-order chi connectivity index (χ0) is 11.7. The SMILES string of the molecule is Cc1nc(-c2ccc(F)c(CN)c2)c(C)[nH]1. The number of hydrogen-bond donors (Lipinski definition) is 2. The lowest BCUT2D eigenvalue weighted by atomic mass is 10.1. The number of halogens is 1. The van der Waals surface area contributed by atoms with E-state index in [2.05, 4.69) is 9.97 Å². The Balaban J connectivity index is 2.52. The fourth-order valence-corrected chi connectivity index (χ4v) is 1.77. The van der Waals surface area contributed by atoms with Gasteiger partial charge in [0.15, 0.2) is 0 Å². The van der Waals surface area contributed by atoms with Crippen molar-refractivity contribution in [2.45, 2.75) is 20.4 Å². The van der Waals surface area contributed by atoms with Gasteiger partial charge in [0.05, 0.1) is 5.69 Å². The first-order valence-electron chi connectivity index (χ1n) is 5.14. The molecule has 0 spiro atoms. The van der Waals surface area contributed by atoms with Crippen LogP contribution in [0, 0.1) is 19.7 Å². The van der Waals surface area contributed by atoms with Gasteiger partial charge in [0.25, 0.3) is 0 Å². The molecule has 3 N–H and O–H groups in total. The molecule has 0 aliphatic carbocycles. The quantitative estimate of drug-likeness (QED) is 0.814. The summed E-state index contributed by atoms with van der Waals surface area (Å²) in [6, 6.07) is 4.90. The molecule has 1 heterocycles. The normalized spacial score (nSPS) is 10.8. The molecule has 0 atom stereocenters. The first-order chi connectivity index (χ1) is 7.61. The smallest absolute Gasteiger partial charge is 0.127 e. The van der Waals surface area contributed by atoms with Crippen LogP contribution in [0.3, 0.4) is 0 Å². The summed E-state index contributed by atoms with van der Waals surface area (Å²) in [5, 5.41) is 0. The van der Waals surface area contributed by atoms with E-state index in [9.17, 15) is 4.39 Å². The number of aromatic amines is 1. The summed E-state index contributed by atoms with van der Waals surface area (Å²) >= 11 is 0. The Morgan fingerprint density at radius 2 is 2.12 bits per heavy atom. The number of nitrogens with one attached hydrogen (secondary N) is 1. The number of hydrogen-bond acceptors (Lipinski definition) is 2. The molecule has 84 valence electrons. The Kier molecular flexibility index (Phi) is 2.75. The molecular formula is C12H14FN3. The molecule has 0 radical (unpaired) electrons. The van der Waals surface area contributed by atoms with Crippen molar-refractivity contribution in [3.63, 3.8) is 0 Å². The van der Waals surface area contributed by atoms with Crippen LogP contribution in [0.2, 0.25) is 0 Å². The van der Waals surface area contributed by atoms with Crippen LogP contribution in [-0.2, 0) is 6.54 Å². The summed E-state index contributed by atoms with van der Waals surface area (Å²) in [6.07, 6.45) is 0. The molecule has 0 bridgehead atoms. The molecule has 0 saturated heterocycles. The summed E-state index contributed by atoms with van der Waals surface area (Å²) in [5.41, 5.74) is 8.71. The Morgan fingerprint density at radius 3 is 2.69 bits per heavy atom. The molecule has 2 rings (SSSR count). The average molecular weight is 219 g/mol. The fraction of sp³-hybridized carbons (Fsp3) is 0.250. The lowest BCUT2D eigenvalue weighted by molar-refractivity contribution is 0.611. The third-order valence-corrected chi connectivity index (χ3v) is 2.54. The van der Waals surface area contributed by atoms with Crippen molar-refractivity contribution >= 4 is 0 Å². The van der Waals surface area contributed by atoms with Crippen molar-refractivity contribution in [3.05, 3.63) is 41.1 Å². The second kappa shape index (κ2) is 4.06. The molecule has 2 aromatic rings. The van der Waals surface area contributed by atoms with Gasteiger partial charge in [0, 0.05) is 23.4 Å². The van der Waals surface area contributed by atoms with Crippen molar-refractivity contribution in [2.24, 2.45) is 5.73 Å². The van der Waals surface area contributed by atoms with Crippen molar-refractivity contribution in [1.29, 1.82) is 0 Å². The van der Waals surface area contributed by atoms with E-state index in [-0.39, 0.29) is 12.4 Å². The number of H-pyrrole nitrogens is 1. The highest BCUT2D eigenvalue weighted by molar-refractivity contribution is 5.62. The number of nitrogens with zero attached hydrogens (tertiary/aromatic N) is 1. The molecule has 0 aliphatic rings. The van der Waals surface area contributed by atoms with Crippen LogP contribution < -0.4 is 5.73 Å². The fourth-order valence-electron chi connectivity index (χ4n) is 1.77. The summed E-state index contributed by atoms with van der Waals surface area (Å²) < 4.78 is 13.3. The molecule has 1 aromatic heterocycles. The Labute approximate surface area is 93.5 Å². The van der Waals surface area contributed by atoms with Crippen LogP contribution >= 0.6 is 0 Å². The van der Waals surface area contributed by atoms with E-state index < -0.39 is 0 Å². The zero-order valence-electron chi connectivity index (χ0n) is 9.34. The van der Waals surface area contributed by atoms with Crippen LogP contribution in [-0.4, -0.2) is 9.97 Å². The predicted molar refractivity (Wildman–Crippen MR) is 61.3 cm³/mol. The Morgan fingerprint density at radius 1 is 1.38 bits per heavy atom. The largest absolute Gasteiger partial charge is 0.346 e. The highest BCUT2D eigenvalue weighted by atomic mass is 19.1. The van der Waals surface area contributed by atoms with Crippen LogP contribution in [0.15, 0.2) is 18.2 Å². The maximum atomic E-state index is 13.3. The van der Waals surface area contributed by atoms with E-state index in [4.69, 9.17) is 5.73 Å². The van der Waals surface area contributed by atoms with Gasteiger partial charge in [-0.2, -0.15) is 0 Å². The molecular weight excluding hydrogens is 205 g/mol. The Hall–Kier alpha value is -1.68. The van der Waals surface area contributed by atoms with Crippen molar-refractivity contribution in [2.75, 3.05) is 0 Å². The van der Waals surface area contributed by atoms with Gasteiger partial charge < -0.3 is 10.7 Å². The lowest BCUT2D eigenvalue weighted by Gasteiger charge is -2.03. The van der Waals surface area contributed by atoms with Gasteiger partial charge in [-0.3, -0.25) is 0 Å². The topological polar surface area (TPSA) is 54.7 Å². The van der Waals surface area contributed by atoms with Crippen LogP contribution in [0.5, 0.6) is 0 Å². The van der Waals surface area contributed by atoms with E-state index in [0.29, 0.717) is 5.56 Å². The van der Waals surface area contributed by atoms with E-state index in [1.54, 1.807) is 12.1 Å². The number of aromatic nitrogens is 2. The number of rotatable bonds is 2. The predicted octanol–water partition coefficient (Wildman–Crippen LogP) is 2.29. The molecule has 0 unspecified atom stereocenters. The maximum absolute atomic E-state index is 13.3. The lowest BCUT2D eigenvalue weighted by Crippen LogP contribution is -2.00.